The summed E-state index contributed by atoms with van der Waals surface area (Å²) in [4.78, 5) is 0. The molecule has 1 aromatic carbocycles. The van der Waals surface area contributed by atoms with Gasteiger partial charge in [-0.3, -0.25) is 0 Å². The Morgan fingerprint density at radius 3 is 2.33 bits per heavy atom. The summed E-state index contributed by atoms with van der Waals surface area (Å²) in [6.07, 6.45) is 8.60. The number of rotatable bonds is 5. The Kier molecular flexibility index (Phi) is 4.93. The molecule has 0 radical (unpaired) electrons. The van der Waals surface area contributed by atoms with E-state index in [1.165, 1.54) is 25.3 Å². The van der Waals surface area contributed by atoms with Gasteiger partial charge in [0.15, 0.2) is 0 Å². The molecule has 21 heavy (non-hydrogen) atoms. The zero-order valence-electron chi connectivity index (χ0n) is 14.4. The highest BCUT2D eigenvalue weighted by atomic mass is 28.3. The van der Waals surface area contributed by atoms with Gasteiger partial charge in [-0.05, 0) is 23.5 Å². The molecule has 2 rings (SSSR count). The van der Waals surface area contributed by atoms with Crippen LogP contribution >= 0.6 is 0 Å². The van der Waals surface area contributed by atoms with Crippen LogP contribution in [0.2, 0.25) is 12.6 Å². The Hall–Kier alpha value is -1.08. The molecular weight excluding hydrogens is 268 g/mol. The van der Waals surface area contributed by atoms with Crippen molar-refractivity contribution in [2.45, 2.75) is 59.5 Å². The summed E-state index contributed by atoms with van der Waals surface area (Å²) < 4.78 is 0. The van der Waals surface area contributed by atoms with Crippen LogP contribution in [0.3, 0.4) is 0 Å². The molecule has 0 saturated heterocycles. The van der Waals surface area contributed by atoms with E-state index in [9.17, 15) is 0 Å². The topological polar surface area (TPSA) is 0 Å². The van der Waals surface area contributed by atoms with Crippen molar-refractivity contribution in [2.75, 3.05) is 0 Å². The fraction of sp³-hybridized carbons (Fsp3) is 0.500. The van der Waals surface area contributed by atoms with Gasteiger partial charge in [0.05, 0.1) is 0 Å². The van der Waals surface area contributed by atoms with Crippen LogP contribution < -0.4 is 5.19 Å². The molecule has 0 N–H and O–H groups in total. The Labute approximate surface area is 132 Å². The normalized spacial score (nSPS) is 18.1. The largest absolute Gasteiger partial charge is 0.111 e. The van der Waals surface area contributed by atoms with Crippen molar-refractivity contribution in [1.29, 1.82) is 0 Å². The van der Waals surface area contributed by atoms with E-state index in [2.05, 4.69) is 76.7 Å². The molecule has 0 nitrogen and oxygen atoms in total. The molecule has 0 bridgehead atoms. The van der Waals surface area contributed by atoms with Gasteiger partial charge in [-0.25, -0.2) is 0 Å². The van der Waals surface area contributed by atoms with Gasteiger partial charge in [0, 0.05) is 0 Å². The molecule has 0 aromatic heterocycles. The Bertz CT molecular complexity index is 531. The van der Waals surface area contributed by atoms with E-state index in [4.69, 9.17) is 0 Å². The lowest BCUT2D eigenvalue weighted by Crippen LogP contribution is -2.47. The molecule has 0 spiro atoms. The van der Waals surface area contributed by atoms with Crippen molar-refractivity contribution in [2.24, 2.45) is 5.41 Å². The SMILES string of the molecule is CCCC[Si](C)(C1=C(C(C)(C)C)C=CC1)c1ccccc1. The minimum absolute atomic E-state index is 0.261. The molecule has 114 valence electrons. The van der Waals surface area contributed by atoms with E-state index < -0.39 is 8.07 Å². The van der Waals surface area contributed by atoms with Crippen LogP contribution in [0.1, 0.15) is 47.0 Å². The number of unbranched alkanes of at least 4 members (excludes halogenated alkanes) is 1. The molecule has 1 aromatic rings. The fourth-order valence-electron chi connectivity index (χ4n) is 3.54. The van der Waals surface area contributed by atoms with E-state index >= 15 is 0 Å². The minimum Gasteiger partial charge on any atom is -0.0805 e. The highest BCUT2D eigenvalue weighted by molar-refractivity contribution is 6.96. The van der Waals surface area contributed by atoms with Gasteiger partial charge in [-0.15, -0.1) is 0 Å². The van der Waals surface area contributed by atoms with Crippen molar-refractivity contribution in [3.8, 4) is 0 Å². The van der Waals surface area contributed by atoms with Crippen LogP contribution in [0.15, 0.2) is 53.3 Å². The summed E-state index contributed by atoms with van der Waals surface area (Å²) in [5.74, 6) is 0. The maximum Gasteiger partial charge on any atom is 0.111 e. The summed E-state index contributed by atoms with van der Waals surface area (Å²) in [6.45, 7) is 12.0. The Balaban J connectivity index is 2.51. The first-order valence-electron chi connectivity index (χ1n) is 8.36. The van der Waals surface area contributed by atoms with Crippen LogP contribution in [0.25, 0.3) is 0 Å². The second-order valence-electron chi connectivity index (χ2n) is 7.55. The summed E-state index contributed by atoms with van der Waals surface area (Å²) in [7, 11) is -1.57. The van der Waals surface area contributed by atoms with Gasteiger partial charge in [-0.2, -0.15) is 0 Å². The minimum atomic E-state index is -1.57. The molecular formula is C20H30Si. The number of benzene rings is 1. The third-order valence-corrected chi connectivity index (χ3v) is 9.61. The van der Waals surface area contributed by atoms with Crippen molar-refractivity contribution in [3.05, 3.63) is 53.3 Å². The predicted molar refractivity (Wildman–Crippen MR) is 97.6 cm³/mol. The maximum atomic E-state index is 2.59. The van der Waals surface area contributed by atoms with E-state index in [-0.39, 0.29) is 5.41 Å². The quantitative estimate of drug-likeness (QED) is 0.619. The van der Waals surface area contributed by atoms with Crippen LogP contribution in [0, 0.1) is 5.41 Å². The highest BCUT2D eigenvalue weighted by Gasteiger charge is 2.37. The molecule has 1 heteroatoms. The lowest BCUT2D eigenvalue weighted by molar-refractivity contribution is 0.516. The fourth-order valence-corrected chi connectivity index (χ4v) is 8.09. The molecule has 0 heterocycles. The number of hydrogen-bond donors (Lipinski definition) is 0. The molecule has 0 saturated carbocycles. The molecule has 1 aliphatic carbocycles. The van der Waals surface area contributed by atoms with Crippen molar-refractivity contribution >= 4 is 13.3 Å². The second kappa shape index (κ2) is 6.35. The third kappa shape index (κ3) is 3.40. The summed E-state index contributed by atoms with van der Waals surface area (Å²) in [6, 6.07) is 12.7. The first-order chi connectivity index (χ1) is 9.89. The van der Waals surface area contributed by atoms with Crippen molar-refractivity contribution in [1.82, 2.24) is 0 Å². The van der Waals surface area contributed by atoms with E-state index in [0.717, 1.165) is 0 Å². The molecule has 1 aliphatic rings. The third-order valence-electron chi connectivity index (χ3n) is 4.85. The van der Waals surface area contributed by atoms with Gasteiger partial charge >= 0.3 is 0 Å². The maximum absolute atomic E-state index is 2.59. The summed E-state index contributed by atoms with van der Waals surface area (Å²) in [5.41, 5.74) is 1.87. The standard InChI is InChI=1S/C20H30Si/c1-6-7-16-21(5,17-12-9-8-10-13-17)19-15-11-14-18(19)20(2,3)4/h8-14H,6-7,15-16H2,1-5H3. The second-order valence-corrected chi connectivity index (χ2v) is 11.9. The van der Waals surface area contributed by atoms with Gasteiger partial charge < -0.3 is 0 Å². The van der Waals surface area contributed by atoms with E-state index in [0.29, 0.717) is 0 Å². The smallest absolute Gasteiger partial charge is 0.0805 e. The monoisotopic (exact) mass is 298 g/mol. The van der Waals surface area contributed by atoms with Crippen molar-refractivity contribution in [3.63, 3.8) is 0 Å². The van der Waals surface area contributed by atoms with Crippen LogP contribution in [0.5, 0.6) is 0 Å². The van der Waals surface area contributed by atoms with Gasteiger partial charge in [-0.1, -0.05) is 100.0 Å². The number of hydrogen-bond acceptors (Lipinski definition) is 0. The molecule has 1 unspecified atom stereocenters. The Morgan fingerprint density at radius 2 is 1.76 bits per heavy atom. The lowest BCUT2D eigenvalue weighted by Gasteiger charge is -2.34. The first-order valence-corrected chi connectivity index (χ1v) is 11.1. The van der Waals surface area contributed by atoms with Crippen molar-refractivity contribution < 1.29 is 0 Å². The number of allylic oxidation sites excluding steroid dienone is 4. The predicted octanol–water partition coefficient (Wildman–Crippen LogP) is 5.61. The van der Waals surface area contributed by atoms with Gasteiger partial charge in [0.1, 0.15) is 8.07 Å². The first kappa shape index (κ1) is 16.3. The van der Waals surface area contributed by atoms with E-state index in [1.807, 2.05) is 0 Å². The van der Waals surface area contributed by atoms with Gasteiger partial charge in [0.2, 0.25) is 0 Å². The zero-order chi connectivity index (χ0) is 15.5. The lowest BCUT2D eigenvalue weighted by atomic mass is 9.87. The molecule has 0 amide bonds. The summed E-state index contributed by atoms with van der Waals surface area (Å²) >= 11 is 0. The van der Waals surface area contributed by atoms with Crippen LogP contribution in [-0.2, 0) is 0 Å². The van der Waals surface area contributed by atoms with Gasteiger partial charge in [0.25, 0.3) is 0 Å². The molecule has 0 aliphatic heterocycles. The zero-order valence-corrected chi connectivity index (χ0v) is 15.4. The average Bonchev–Trinajstić information content (AvgIpc) is 2.96. The summed E-state index contributed by atoms with van der Waals surface area (Å²) in [5, 5.41) is 3.38. The molecule has 1 atom stereocenters. The van der Waals surface area contributed by atoms with Crippen LogP contribution in [-0.4, -0.2) is 8.07 Å². The van der Waals surface area contributed by atoms with Crippen LogP contribution in [0.4, 0.5) is 0 Å². The average molecular weight is 299 g/mol. The Morgan fingerprint density at radius 1 is 1.10 bits per heavy atom. The highest BCUT2D eigenvalue weighted by Crippen LogP contribution is 2.40. The molecule has 0 fully saturated rings. The van der Waals surface area contributed by atoms with E-state index in [1.54, 1.807) is 16.0 Å².